The van der Waals surface area contributed by atoms with E-state index in [9.17, 15) is 4.79 Å². The van der Waals surface area contributed by atoms with Gasteiger partial charge in [0, 0.05) is 11.9 Å². The molecule has 1 aromatic rings. The summed E-state index contributed by atoms with van der Waals surface area (Å²) in [4.78, 5) is 15.0. The number of nitriles is 1. The standard InChI is InChI=1S/C9H8N2O2.ClH/c1-6-3-8(9(12)13-2)7(4-10)5-11-6;/h3,5H,1-2H3;1H. The molecule has 14 heavy (non-hydrogen) atoms. The molecule has 4 nitrogen and oxygen atoms in total. The van der Waals surface area contributed by atoms with E-state index in [-0.39, 0.29) is 23.5 Å². The van der Waals surface area contributed by atoms with Gasteiger partial charge in [-0.1, -0.05) is 0 Å². The molecule has 0 bridgehead atoms. The Morgan fingerprint density at radius 2 is 2.29 bits per heavy atom. The molecule has 0 aliphatic rings. The van der Waals surface area contributed by atoms with Crippen molar-refractivity contribution in [1.82, 2.24) is 4.98 Å². The molecule has 0 saturated heterocycles. The second kappa shape index (κ2) is 5.20. The van der Waals surface area contributed by atoms with E-state index in [0.717, 1.165) is 0 Å². The van der Waals surface area contributed by atoms with Crippen LogP contribution in [0.2, 0.25) is 0 Å². The topological polar surface area (TPSA) is 63.0 Å². The molecule has 0 spiro atoms. The van der Waals surface area contributed by atoms with Crippen molar-refractivity contribution in [2.75, 3.05) is 7.11 Å². The monoisotopic (exact) mass is 212 g/mol. The first-order valence-electron chi connectivity index (χ1n) is 3.64. The van der Waals surface area contributed by atoms with Gasteiger partial charge in [0.25, 0.3) is 0 Å². The summed E-state index contributed by atoms with van der Waals surface area (Å²) >= 11 is 0. The lowest BCUT2D eigenvalue weighted by molar-refractivity contribution is 0.0600. The third-order valence-electron chi connectivity index (χ3n) is 1.57. The molecule has 1 aromatic heterocycles. The van der Waals surface area contributed by atoms with Crippen molar-refractivity contribution in [3.63, 3.8) is 0 Å². The van der Waals surface area contributed by atoms with Crippen LogP contribution in [0.15, 0.2) is 12.3 Å². The molecule has 0 fully saturated rings. The number of carbonyl (C=O) groups excluding carboxylic acids is 1. The number of hydrogen-bond donors (Lipinski definition) is 0. The summed E-state index contributed by atoms with van der Waals surface area (Å²) < 4.78 is 4.52. The summed E-state index contributed by atoms with van der Waals surface area (Å²) in [6.07, 6.45) is 1.36. The number of halogens is 1. The Hall–Kier alpha value is -1.60. The van der Waals surface area contributed by atoms with Crippen LogP contribution >= 0.6 is 12.4 Å². The third kappa shape index (κ3) is 2.44. The predicted molar refractivity (Wildman–Crippen MR) is 52.3 cm³/mol. The highest BCUT2D eigenvalue weighted by molar-refractivity contribution is 5.92. The summed E-state index contributed by atoms with van der Waals surface area (Å²) in [7, 11) is 1.28. The Bertz CT molecular complexity index is 385. The van der Waals surface area contributed by atoms with Gasteiger partial charge in [0.05, 0.1) is 18.2 Å². The second-order valence-electron chi connectivity index (χ2n) is 2.47. The van der Waals surface area contributed by atoms with Crippen LogP contribution in [0.5, 0.6) is 0 Å². The molecule has 0 aliphatic heterocycles. The van der Waals surface area contributed by atoms with Crippen molar-refractivity contribution in [3.05, 3.63) is 29.1 Å². The van der Waals surface area contributed by atoms with Crippen molar-refractivity contribution in [2.45, 2.75) is 6.92 Å². The van der Waals surface area contributed by atoms with E-state index < -0.39 is 5.97 Å². The van der Waals surface area contributed by atoms with E-state index in [1.165, 1.54) is 19.4 Å². The largest absolute Gasteiger partial charge is 0.465 e. The first-order valence-corrected chi connectivity index (χ1v) is 3.64. The Balaban J connectivity index is 0.00000169. The molecule has 0 N–H and O–H groups in total. The van der Waals surface area contributed by atoms with E-state index in [2.05, 4.69) is 9.72 Å². The molecule has 0 radical (unpaired) electrons. The number of hydrogen-bond acceptors (Lipinski definition) is 4. The average molecular weight is 213 g/mol. The fourth-order valence-electron chi connectivity index (χ4n) is 0.928. The molecule has 0 unspecified atom stereocenters. The van der Waals surface area contributed by atoms with E-state index in [1.807, 2.05) is 6.07 Å². The van der Waals surface area contributed by atoms with Gasteiger partial charge in [-0.05, 0) is 13.0 Å². The molecule has 1 heterocycles. The number of rotatable bonds is 1. The summed E-state index contributed by atoms with van der Waals surface area (Å²) in [6.45, 7) is 1.74. The van der Waals surface area contributed by atoms with Crippen LogP contribution < -0.4 is 0 Å². The minimum atomic E-state index is -0.512. The normalized spacial score (nSPS) is 8.36. The lowest BCUT2D eigenvalue weighted by Gasteiger charge is -2.01. The van der Waals surface area contributed by atoms with Crippen molar-refractivity contribution in [2.24, 2.45) is 0 Å². The maximum Gasteiger partial charge on any atom is 0.339 e. The summed E-state index contributed by atoms with van der Waals surface area (Å²) in [5.41, 5.74) is 1.18. The Morgan fingerprint density at radius 3 is 2.79 bits per heavy atom. The van der Waals surface area contributed by atoms with Crippen molar-refractivity contribution >= 4 is 18.4 Å². The van der Waals surface area contributed by atoms with E-state index in [1.54, 1.807) is 6.92 Å². The Kier molecular flexibility index (Phi) is 4.60. The fourth-order valence-corrected chi connectivity index (χ4v) is 0.928. The molecule has 74 valence electrons. The van der Waals surface area contributed by atoms with Crippen LogP contribution in [-0.2, 0) is 4.74 Å². The second-order valence-corrected chi connectivity index (χ2v) is 2.47. The first kappa shape index (κ1) is 12.4. The van der Waals surface area contributed by atoms with Crippen LogP contribution in [-0.4, -0.2) is 18.1 Å². The Labute approximate surface area is 87.9 Å². The quantitative estimate of drug-likeness (QED) is 0.662. The summed E-state index contributed by atoms with van der Waals surface area (Å²) in [5, 5.41) is 8.66. The fraction of sp³-hybridized carbons (Fsp3) is 0.222. The highest BCUT2D eigenvalue weighted by atomic mass is 35.5. The minimum absolute atomic E-state index is 0. The van der Waals surface area contributed by atoms with E-state index in [0.29, 0.717) is 5.69 Å². The maximum absolute atomic E-state index is 11.1. The van der Waals surface area contributed by atoms with Gasteiger partial charge in [0.15, 0.2) is 0 Å². The molecule has 0 aliphatic carbocycles. The predicted octanol–water partition coefficient (Wildman–Crippen LogP) is 1.47. The molecular weight excluding hydrogens is 204 g/mol. The van der Waals surface area contributed by atoms with Gasteiger partial charge >= 0.3 is 5.97 Å². The van der Waals surface area contributed by atoms with Gasteiger partial charge in [0.2, 0.25) is 0 Å². The molecule has 1 rings (SSSR count). The van der Waals surface area contributed by atoms with Gasteiger partial charge in [-0.15, -0.1) is 12.4 Å². The van der Waals surface area contributed by atoms with Crippen LogP contribution in [0.3, 0.4) is 0 Å². The molecule has 0 amide bonds. The average Bonchev–Trinajstić information content (AvgIpc) is 2.16. The highest BCUT2D eigenvalue weighted by Gasteiger charge is 2.11. The minimum Gasteiger partial charge on any atom is -0.465 e. The van der Waals surface area contributed by atoms with Crippen molar-refractivity contribution < 1.29 is 9.53 Å². The molecule has 0 saturated carbocycles. The maximum atomic E-state index is 11.1. The molecule has 0 aromatic carbocycles. The first-order chi connectivity index (χ1) is 6.19. The van der Waals surface area contributed by atoms with E-state index >= 15 is 0 Å². The number of ether oxygens (including phenoxy) is 1. The van der Waals surface area contributed by atoms with E-state index in [4.69, 9.17) is 5.26 Å². The van der Waals surface area contributed by atoms with Crippen LogP contribution in [0.25, 0.3) is 0 Å². The number of methoxy groups -OCH3 is 1. The summed E-state index contributed by atoms with van der Waals surface area (Å²) in [5.74, 6) is -0.512. The summed E-state index contributed by atoms with van der Waals surface area (Å²) in [6, 6.07) is 3.41. The number of pyridine rings is 1. The van der Waals surface area contributed by atoms with Gasteiger partial charge in [-0.2, -0.15) is 5.26 Å². The van der Waals surface area contributed by atoms with Crippen LogP contribution in [0.1, 0.15) is 21.6 Å². The molecule has 0 atom stereocenters. The van der Waals surface area contributed by atoms with Crippen molar-refractivity contribution in [3.8, 4) is 6.07 Å². The van der Waals surface area contributed by atoms with Gasteiger partial charge < -0.3 is 4.74 Å². The highest BCUT2D eigenvalue weighted by Crippen LogP contribution is 2.09. The van der Waals surface area contributed by atoms with Gasteiger partial charge in [0.1, 0.15) is 6.07 Å². The third-order valence-corrected chi connectivity index (χ3v) is 1.57. The van der Waals surface area contributed by atoms with Crippen molar-refractivity contribution in [1.29, 1.82) is 5.26 Å². The smallest absolute Gasteiger partial charge is 0.339 e. The number of carbonyl (C=O) groups is 1. The van der Waals surface area contributed by atoms with Crippen LogP contribution in [0, 0.1) is 18.3 Å². The van der Waals surface area contributed by atoms with Gasteiger partial charge in [-0.25, -0.2) is 4.79 Å². The van der Waals surface area contributed by atoms with Gasteiger partial charge in [-0.3, -0.25) is 4.98 Å². The molecular formula is C9H9ClN2O2. The number of esters is 1. The lowest BCUT2D eigenvalue weighted by Crippen LogP contribution is -2.05. The number of nitrogens with zero attached hydrogens (tertiary/aromatic N) is 2. The molecule has 5 heteroatoms. The number of aromatic nitrogens is 1. The Morgan fingerprint density at radius 1 is 1.64 bits per heavy atom. The lowest BCUT2D eigenvalue weighted by atomic mass is 10.1. The number of aryl methyl sites for hydroxylation is 1. The zero-order chi connectivity index (χ0) is 9.84. The zero-order valence-electron chi connectivity index (χ0n) is 7.77. The SMILES string of the molecule is COC(=O)c1cc(C)ncc1C#N.Cl. The zero-order valence-corrected chi connectivity index (χ0v) is 8.59. The van der Waals surface area contributed by atoms with Crippen LogP contribution in [0.4, 0.5) is 0 Å².